The summed E-state index contributed by atoms with van der Waals surface area (Å²) in [4.78, 5) is 82.5. The van der Waals surface area contributed by atoms with E-state index in [4.69, 9.17) is 23.7 Å². The molecule has 17 heteroatoms. The zero-order valence-electron chi connectivity index (χ0n) is 33.9. The zero-order valence-corrected chi connectivity index (χ0v) is 33.9. The number of imide groups is 1. The number of aldehydes is 1. The number of phenolic OH excluding ortho intramolecular Hbond substituents is 2. The Balaban J connectivity index is 0.951. The lowest BCUT2D eigenvalue weighted by Crippen LogP contribution is -2.55. The number of hydrogen-bond donors (Lipinski definition) is 4. The van der Waals surface area contributed by atoms with Crippen molar-refractivity contribution in [1.29, 1.82) is 0 Å². The maximum absolute atomic E-state index is 14.1. The summed E-state index contributed by atoms with van der Waals surface area (Å²) in [6.45, 7) is 1.93. The molecule has 0 bridgehead atoms. The molecule has 0 spiro atoms. The van der Waals surface area contributed by atoms with Crippen molar-refractivity contribution in [2.75, 3.05) is 33.4 Å². The average molecular weight is 847 g/mol. The van der Waals surface area contributed by atoms with Gasteiger partial charge in [0.25, 0.3) is 0 Å². The first-order chi connectivity index (χ1) is 29.3. The minimum Gasteiger partial charge on any atom is -0.507 e. The Labute approximate surface area is 350 Å². The van der Waals surface area contributed by atoms with Crippen LogP contribution < -0.4 is 4.74 Å². The van der Waals surface area contributed by atoms with E-state index in [0.717, 1.165) is 32.0 Å². The van der Waals surface area contributed by atoms with E-state index in [9.17, 15) is 49.2 Å². The second-order valence-electron chi connectivity index (χ2n) is 17.6. The lowest BCUT2D eigenvalue weighted by atomic mass is 9.72. The van der Waals surface area contributed by atoms with Crippen LogP contribution in [0.25, 0.3) is 0 Å². The van der Waals surface area contributed by atoms with E-state index in [1.54, 1.807) is 6.92 Å². The number of carbonyl (C=O) groups excluding carboxylic acids is 6. The molecular formula is C44H50N2O15. The van der Waals surface area contributed by atoms with Crippen LogP contribution in [-0.4, -0.2) is 142 Å². The number of nitrogens with zero attached hydrogens (tertiary/aromatic N) is 2. The number of hydrogen-bond acceptors (Lipinski definition) is 16. The Morgan fingerprint density at radius 2 is 1.77 bits per heavy atom. The van der Waals surface area contributed by atoms with Crippen LogP contribution in [0.3, 0.4) is 0 Å². The first-order valence-electron chi connectivity index (χ1n) is 21.1. The number of aromatic hydroxyl groups is 2. The lowest BCUT2D eigenvalue weighted by molar-refractivity contribution is -0.247. The van der Waals surface area contributed by atoms with Crippen molar-refractivity contribution in [3.05, 3.63) is 51.6 Å². The van der Waals surface area contributed by atoms with E-state index in [1.165, 1.54) is 30.2 Å². The summed E-state index contributed by atoms with van der Waals surface area (Å²) in [5, 5.41) is 45.3. The second kappa shape index (κ2) is 15.9. The van der Waals surface area contributed by atoms with Crippen LogP contribution in [0.5, 0.6) is 17.2 Å². The molecule has 326 valence electrons. The molecule has 1 saturated carbocycles. The van der Waals surface area contributed by atoms with Crippen LogP contribution in [0.1, 0.15) is 107 Å². The van der Waals surface area contributed by atoms with Crippen LogP contribution in [0.15, 0.2) is 18.2 Å². The Bertz CT molecular complexity index is 2180. The zero-order chi connectivity index (χ0) is 43.1. The van der Waals surface area contributed by atoms with Gasteiger partial charge in [-0.1, -0.05) is 12.1 Å². The monoisotopic (exact) mass is 846 g/mol. The van der Waals surface area contributed by atoms with E-state index in [-0.39, 0.29) is 77.0 Å². The van der Waals surface area contributed by atoms with Crippen molar-refractivity contribution >= 4 is 35.5 Å². The van der Waals surface area contributed by atoms with Gasteiger partial charge in [0, 0.05) is 73.3 Å². The van der Waals surface area contributed by atoms with Crippen LogP contribution in [0.2, 0.25) is 0 Å². The number of amides is 2. The Morgan fingerprint density at radius 3 is 2.49 bits per heavy atom. The summed E-state index contributed by atoms with van der Waals surface area (Å²) in [6.07, 6.45) is -0.968. The van der Waals surface area contributed by atoms with Crippen molar-refractivity contribution in [3.63, 3.8) is 0 Å². The fraction of sp³-hybridized carbons (Fsp3) is 0.591. The fourth-order valence-electron chi connectivity index (χ4n) is 11.0. The van der Waals surface area contributed by atoms with Gasteiger partial charge in [-0.05, 0) is 51.0 Å². The first kappa shape index (κ1) is 41.7. The summed E-state index contributed by atoms with van der Waals surface area (Å²) in [7, 11) is 1.33. The summed E-state index contributed by atoms with van der Waals surface area (Å²) in [5.41, 5.74) is -3.69. The highest BCUT2D eigenvalue weighted by Crippen LogP contribution is 2.53. The van der Waals surface area contributed by atoms with Crippen molar-refractivity contribution in [3.8, 4) is 17.2 Å². The number of Topliss-reactive ketones (excluding diaryl/α,β-unsaturated/α-hetero) is 1. The molecule has 5 fully saturated rings. The van der Waals surface area contributed by atoms with E-state index in [0.29, 0.717) is 19.7 Å². The second-order valence-corrected chi connectivity index (χ2v) is 17.6. The quantitative estimate of drug-likeness (QED) is 0.130. The molecule has 4 N–H and O–H groups in total. The topological polar surface area (TPSA) is 236 Å². The number of aliphatic hydroxyl groups is 2. The van der Waals surface area contributed by atoms with Crippen LogP contribution in [0.4, 0.5) is 0 Å². The average Bonchev–Trinajstić information content (AvgIpc) is 3.76. The highest BCUT2D eigenvalue weighted by molar-refractivity contribution is 6.31. The summed E-state index contributed by atoms with van der Waals surface area (Å²) in [6, 6.07) is 4.10. The molecule has 2 amide bonds. The Hall–Kier alpha value is -4.62. The highest BCUT2D eigenvalue weighted by atomic mass is 16.7. The number of likely N-dealkylation sites (tertiary alicyclic amines) is 1. The molecule has 4 saturated heterocycles. The SMILES string of the molecule is COc1cccc2c1C(=O)c1c(O)c3c(c(O)c1C2=O)C[C@@](O)(C(=O)CO)C[C@@H]3O[C@H]1C[C@H]2[C@H](O[C@@H]3C(CC4CC(=O)N(CC5CCC(C=O)CC5)C4=O)OCCN32)[C@H](C)O1. The molecule has 2 aromatic carbocycles. The molecule has 4 heterocycles. The predicted molar refractivity (Wildman–Crippen MR) is 208 cm³/mol. The number of carbonyl (C=O) groups is 6. The highest BCUT2D eigenvalue weighted by Gasteiger charge is 2.56. The molecular weight excluding hydrogens is 796 g/mol. The van der Waals surface area contributed by atoms with E-state index in [1.807, 2.05) is 0 Å². The van der Waals surface area contributed by atoms with E-state index in [2.05, 4.69) is 4.90 Å². The van der Waals surface area contributed by atoms with Crippen LogP contribution in [0, 0.1) is 17.8 Å². The number of phenols is 2. The van der Waals surface area contributed by atoms with Crippen molar-refractivity contribution in [1.82, 2.24) is 9.80 Å². The number of benzene rings is 2. The van der Waals surface area contributed by atoms with Gasteiger partial charge in [-0.3, -0.25) is 33.8 Å². The third kappa shape index (κ3) is 6.89. The number of fused-ring (bicyclic) bond motifs is 6. The van der Waals surface area contributed by atoms with Gasteiger partial charge in [0.1, 0.15) is 48.1 Å². The molecule has 3 aliphatic carbocycles. The van der Waals surface area contributed by atoms with E-state index < -0.39 is 108 Å². The molecule has 9 rings (SSSR count). The van der Waals surface area contributed by atoms with Gasteiger partial charge in [-0.2, -0.15) is 0 Å². The van der Waals surface area contributed by atoms with Gasteiger partial charge in [0.05, 0.1) is 48.7 Å². The minimum atomic E-state index is -2.29. The summed E-state index contributed by atoms with van der Waals surface area (Å²) < 4.78 is 31.0. The van der Waals surface area contributed by atoms with Crippen molar-refractivity contribution in [2.45, 2.75) is 113 Å². The molecule has 4 aliphatic heterocycles. The van der Waals surface area contributed by atoms with E-state index >= 15 is 0 Å². The molecule has 0 radical (unpaired) electrons. The number of ether oxygens (including phenoxy) is 5. The van der Waals surface area contributed by atoms with Crippen molar-refractivity contribution < 1.29 is 72.9 Å². The normalized spacial score (nSPS) is 34.7. The van der Waals surface area contributed by atoms with Gasteiger partial charge in [-0.25, -0.2) is 0 Å². The third-order valence-corrected chi connectivity index (χ3v) is 14.1. The van der Waals surface area contributed by atoms with Crippen LogP contribution >= 0.6 is 0 Å². The number of morpholine rings is 1. The lowest BCUT2D eigenvalue weighted by Gasteiger charge is -2.43. The molecule has 17 nitrogen and oxygen atoms in total. The molecule has 9 atom stereocenters. The molecule has 61 heavy (non-hydrogen) atoms. The first-order valence-corrected chi connectivity index (χ1v) is 21.1. The largest absolute Gasteiger partial charge is 0.507 e. The fourth-order valence-corrected chi connectivity index (χ4v) is 11.0. The maximum atomic E-state index is 14.1. The van der Waals surface area contributed by atoms with Gasteiger partial charge >= 0.3 is 0 Å². The minimum absolute atomic E-state index is 0.0369. The predicted octanol–water partition coefficient (Wildman–Crippen LogP) is 1.88. The number of aliphatic hydroxyl groups excluding tert-OH is 1. The number of rotatable bonds is 10. The standard InChI is InChI=1S/C44H50N2O15/c1-20-41-26(45-10-11-58-28(43(45)61-41)12-23-13-31(50)46(42(23)55)17-21-6-8-22(18-47)9-7-21)14-32(59-20)60-29-16-44(56,30(49)19-48)15-25-34(29)40(54)36-35(38(25)52)37(51)24-4-3-5-27(57-2)33(24)39(36)53/h3-5,18,20-23,26,28-29,32,41,43,48,52,54,56H,6-17,19H2,1-2H3/t20-,21?,22?,23?,26-,28?,29-,32-,41+,43+,44-/m0/s1. The van der Waals surface area contributed by atoms with Gasteiger partial charge in [-0.15, -0.1) is 0 Å². The smallest absolute Gasteiger partial charge is 0.232 e. The summed E-state index contributed by atoms with van der Waals surface area (Å²) in [5.74, 6) is -4.60. The third-order valence-electron chi connectivity index (χ3n) is 14.1. The van der Waals surface area contributed by atoms with Crippen LogP contribution in [-0.2, 0) is 44.5 Å². The van der Waals surface area contributed by atoms with Gasteiger partial charge in [0.15, 0.2) is 17.9 Å². The van der Waals surface area contributed by atoms with Gasteiger partial charge in [0.2, 0.25) is 17.6 Å². The summed E-state index contributed by atoms with van der Waals surface area (Å²) >= 11 is 0. The number of methoxy groups -OCH3 is 1. The van der Waals surface area contributed by atoms with Crippen molar-refractivity contribution in [2.24, 2.45) is 17.8 Å². The maximum Gasteiger partial charge on any atom is 0.232 e. The van der Waals surface area contributed by atoms with Gasteiger partial charge < -0.3 is 48.9 Å². The molecule has 2 aromatic rings. The number of ketones is 3. The molecule has 2 unspecified atom stereocenters. The molecule has 0 aromatic heterocycles. The Morgan fingerprint density at radius 1 is 1.02 bits per heavy atom. The Kier molecular flexibility index (Phi) is 10.9. The molecule has 7 aliphatic rings.